The molecule has 0 unspecified atom stereocenters. The van der Waals surface area contributed by atoms with Crippen LogP contribution in [0.5, 0.6) is 5.75 Å². The van der Waals surface area contributed by atoms with Crippen LogP contribution in [0.4, 0.5) is 0 Å². The highest BCUT2D eigenvalue weighted by Gasteiger charge is 2.34. The number of amides is 1. The number of furan rings is 1. The van der Waals surface area contributed by atoms with Crippen LogP contribution in [-0.4, -0.2) is 27.3 Å². The Morgan fingerprint density at radius 2 is 1.97 bits per heavy atom. The SMILES string of the molecule is O=C1/C(=C/c2cc(Cl)ccc2O)S/C(=N\N=C\c2ccccc2)N1Cc1ccco1. The van der Waals surface area contributed by atoms with Crippen molar-refractivity contribution in [3.63, 3.8) is 0 Å². The summed E-state index contributed by atoms with van der Waals surface area (Å²) < 4.78 is 5.38. The van der Waals surface area contributed by atoms with Gasteiger partial charge in [-0.05, 0) is 53.7 Å². The number of rotatable bonds is 5. The fraction of sp³-hybridized carbons (Fsp3) is 0.0455. The second kappa shape index (κ2) is 9.02. The molecule has 2 heterocycles. The largest absolute Gasteiger partial charge is 0.507 e. The number of phenolic OH excluding ortho intramolecular Hbond substituents is 1. The molecule has 0 saturated carbocycles. The Morgan fingerprint density at radius 3 is 2.73 bits per heavy atom. The van der Waals surface area contributed by atoms with Gasteiger partial charge in [-0.25, -0.2) is 0 Å². The highest BCUT2D eigenvalue weighted by molar-refractivity contribution is 8.18. The fourth-order valence-electron chi connectivity index (χ4n) is 2.75. The molecule has 1 fully saturated rings. The number of phenols is 1. The molecule has 1 aromatic heterocycles. The molecule has 0 atom stereocenters. The third kappa shape index (κ3) is 4.64. The summed E-state index contributed by atoms with van der Waals surface area (Å²) >= 11 is 7.19. The van der Waals surface area contributed by atoms with Crippen molar-refractivity contribution in [3.8, 4) is 5.75 Å². The molecule has 1 N–H and O–H groups in total. The zero-order valence-corrected chi connectivity index (χ0v) is 17.2. The Morgan fingerprint density at radius 1 is 1.13 bits per heavy atom. The van der Waals surface area contributed by atoms with E-state index in [2.05, 4.69) is 10.2 Å². The Hall–Kier alpha value is -3.29. The van der Waals surface area contributed by atoms with E-state index in [0.717, 1.165) is 5.56 Å². The third-order valence-corrected chi connectivity index (χ3v) is 5.44. The number of benzene rings is 2. The number of nitrogens with zero attached hydrogens (tertiary/aromatic N) is 3. The summed E-state index contributed by atoms with van der Waals surface area (Å²) in [4.78, 5) is 14.9. The van der Waals surface area contributed by atoms with E-state index in [0.29, 0.717) is 26.4 Å². The standard InChI is InChI=1S/C22H16ClN3O3S/c23-17-8-9-19(27)16(11-17)12-20-21(28)26(14-18-7-4-10-29-18)22(30-20)25-24-13-15-5-2-1-3-6-15/h1-13,27H,14H2/b20-12-,24-13+,25-22-. The number of halogens is 1. The summed E-state index contributed by atoms with van der Waals surface area (Å²) in [6.45, 7) is 0.220. The van der Waals surface area contributed by atoms with Crippen LogP contribution in [0, 0.1) is 0 Å². The van der Waals surface area contributed by atoms with Crippen LogP contribution in [0.25, 0.3) is 6.08 Å². The maximum atomic E-state index is 13.0. The second-order valence-corrected chi connectivity index (χ2v) is 7.77. The lowest BCUT2D eigenvalue weighted by molar-refractivity contribution is -0.122. The number of aromatic hydroxyl groups is 1. The van der Waals surface area contributed by atoms with Crippen molar-refractivity contribution < 1.29 is 14.3 Å². The first-order valence-corrected chi connectivity index (χ1v) is 10.2. The summed E-state index contributed by atoms with van der Waals surface area (Å²) in [6, 6.07) is 17.7. The van der Waals surface area contributed by atoms with Crippen LogP contribution in [0.3, 0.4) is 0 Å². The minimum Gasteiger partial charge on any atom is -0.507 e. The molecular formula is C22H16ClN3O3S. The van der Waals surface area contributed by atoms with E-state index >= 15 is 0 Å². The van der Waals surface area contributed by atoms with Crippen LogP contribution in [0.1, 0.15) is 16.9 Å². The van der Waals surface area contributed by atoms with E-state index in [-0.39, 0.29) is 18.2 Å². The lowest BCUT2D eigenvalue weighted by Crippen LogP contribution is -2.28. The molecule has 150 valence electrons. The Balaban J connectivity index is 1.65. The second-order valence-electron chi connectivity index (χ2n) is 6.32. The van der Waals surface area contributed by atoms with Crippen LogP contribution >= 0.6 is 23.4 Å². The molecule has 1 aliphatic heterocycles. The van der Waals surface area contributed by atoms with Gasteiger partial charge in [0.1, 0.15) is 11.5 Å². The number of carbonyl (C=O) groups is 1. The summed E-state index contributed by atoms with van der Waals surface area (Å²) in [6.07, 6.45) is 4.76. The normalized spacial score (nSPS) is 17.0. The van der Waals surface area contributed by atoms with Gasteiger partial charge in [-0.2, -0.15) is 5.10 Å². The monoisotopic (exact) mass is 437 g/mol. The molecule has 3 aromatic rings. The minimum absolute atomic E-state index is 0.0328. The van der Waals surface area contributed by atoms with Crippen molar-refractivity contribution in [2.45, 2.75) is 6.54 Å². The molecule has 1 saturated heterocycles. The first-order valence-electron chi connectivity index (χ1n) is 8.98. The smallest absolute Gasteiger partial charge is 0.267 e. The quantitative estimate of drug-likeness (QED) is 0.340. The Labute approximate surface area is 182 Å². The number of hydrogen-bond acceptors (Lipinski definition) is 6. The maximum Gasteiger partial charge on any atom is 0.267 e. The minimum atomic E-state index is -0.260. The van der Waals surface area contributed by atoms with Crippen molar-refractivity contribution in [1.82, 2.24) is 4.90 Å². The van der Waals surface area contributed by atoms with Crippen LogP contribution < -0.4 is 0 Å². The fourth-order valence-corrected chi connectivity index (χ4v) is 3.85. The summed E-state index contributed by atoms with van der Waals surface area (Å²) in [5.41, 5.74) is 1.35. The van der Waals surface area contributed by atoms with Gasteiger partial charge in [0, 0.05) is 10.6 Å². The summed E-state index contributed by atoms with van der Waals surface area (Å²) in [7, 11) is 0. The van der Waals surface area contributed by atoms with E-state index in [1.54, 1.807) is 42.8 Å². The van der Waals surface area contributed by atoms with Crippen molar-refractivity contribution in [2.75, 3.05) is 0 Å². The Bertz CT molecular complexity index is 1140. The average molecular weight is 438 g/mol. The molecule has 2 aromatic carbocycles. The van der Waals surface area contributed by atoms with Gasteiger partial charge in [-0.1, -0.05) is 41.9 Å². The van der Waals surface area contributed by atoms with Crippen molar-refractivity contribution in [3.05, 3.63) is 93.7 Å². The van der Waals surface area contributed by atoms with E-state index in [1.807, 2.05) is 30.3 Å². The van der Waals surface area contributed by atoms with Gasteiger partial charge in [0.05, 0.1) is 23.9 Å². The molecule has 6 nitrogen and oxygen atoms in total. The average Bonchev–Trinajstić information content (AvgIpc) is 3.36. The van der Waals surface area contributed by atoms with Gasteiger partial charge < -0.3 is 9.52 Å². The molecule has 4 rings (SSSR count). The van der Waals surface area contributed by atoms with Gasteiger partial charge in [-0.3, -0.25) is 9.69 Å². The van der Waals surface area contributed by atoms with E-state index in [4.69, 9.17) is 16.0 Å². The highest BCUT2D eigenvalue weighted by Crippen LogP contribution is 2.35. The summed E-state index contributed by atoms with van der Waals surface area (Å²) in [5.74, 6) is 0.394. The number of amidine groups is 1. The number of hydrogen-bond donors (Lipinski definition) is 1. The van der Waals surface area contributed by atoms with Crippen molar-refractivity contribution in [1.29, 1.82) is 0 Å². The molecular weight excluding hydrogens is 422 g/mol. The van der Waals surface area contributed by atoms with Crippen LogP contribution in [-0.2, 0) is 11.3 Å². The van der Waals surface area contributed by atoms with Gasteiger partial charge in [0.25, 0.3) is 5.91 Å². The van der Waals surface area contributed by atoms with Gasteiger partial charge in [0.15, 0.2) is 5.17 Å². The van der Waals surface area contributed by atoms with E-state index in [1.165, 1.54) is 22.7 Å². The first-order chi connectivity index (χ1) is 14.6. The molecule has 30 heavy (non-hydrogen) atoms. The maximum absolute atomic E-state index is 13.0. The lowest BCUT2D eigenvalue weighted by atomic mass is 10.2. The van der Waals surface area contributed by atoms with Gasteiger partial charge >= 0.3 is 0 Å². The zero-order chi connectivity index (χ0) is 20.9. The highest BCUT2D eigenvalue weighted by atomic mass is 35.5. The number of carbonyl (C=O) groups excluding carboxylic acids is 1. The van der Waals surface area contributed by atoms with Crippen molar-refractivity contribution in [2.24, 2.45) is 10.2 Å². The molecule has 0 spiro atoms. The van der Waals surface area contributed by atoms with Gasteiger partial charge in [-0.15, -0.1) is 5.10 Å². The molecule has 1 aliphatic rings. The van der Waals surface area contributed by atoms with Crippen molar-refractivity contribution >= 4 is 46.7 Å². The van der Waals surface area contributed by atoms with E-state index < -0.39 is 0 Å². The molecule has 0 radical (unpaired) electrons. The number of thioether (sulfide) groups is 1. The molecule has 8 heteroatoms. The first kappa shape index (κ1) is 20.0. The predicted molar refractivity (Wildman–Crippen MR) is 119 cm³/mol. The Kier molecular flexibility index (Phi) is 6.02. The molecule has 0 bridgehead atoms. The van der Waals surface area contributed by atoms with E-state index in [9.17, 15) is 9.90 Å². The predicted octanol–water partition coefficient (Wildman–Crippen LogP) is 5.15. The summed E-state index contributed by atoms with van der Waals surface area (Å²) in [5, 5.41) is 19.3. The van der Waals surface area contributed by atoms with Crippen LogP contribution in [0.15, 0.2) is 86.5 Å². The zero-order valence-electron chi connectivity index (χ0n) is 15.6. The van der Waals surface area contributed by atoms with Crippen LogP contribution in [0.2, 0.25) is 5.02 Å². The topological polar surface area (TPSA) is 78.4 Å². The molecule has 0 aliphatic carbocycles. The lowest BCUT2D eigenvalue weighted by Gasteiger charge is -2.12. The third-order valence-electron chi connectivity index (χ3n) is 4.21. The van der Waals surface area contributed by atoms with Gasteiger partial charge in [0.2, 0.25) is 0 Å². The molecule has 1 amide bonds.